The molecule has 20 heavy (non-hydrogen) atoms. The Hall–Kier alpha value is -1.40. The summed E-state index contributed by atoms with van der Waals surface area (Å²) in [5.74, 6) is -1.80. The van der Waals surface area contributed by atoms with E-state index in [0.29, 0.717) is 0 Å². The van der Waals surface area contributed by atoms with Gasteiger partial charge in [-0.1, -0.05) is 51.1 Å². The molecule has 1 aromatic rings. The highest BCUT2D eigenvalue weighted by atomic mass is 32.2. The molecule has 0 saturated heterocycles. The van der Waals surface area contributed by atoms with Gasteiger partial charge < -0.3 is 5.11 Å². The number of rotatable bonds is 7. The van der Waals surface area contributed by atoms with Crippen molar-refractivity contribution >= 4 is 16.0 Å². The number of hydrogen-bond donors (Lipinski definition) is 2. The second-order valence-electron chi connectivity index (χ2n) is 5.27. The normalized spacial score (nSPS) is 15.0. The fourth-order valence-electron chi connectivity index (χ4n) is 1.92. The van der Waals surface area contributed by atoms with E-state index in [0.717, 1.165) is 5.56 Å². The van der Waals surface area contributed by atoms with Crippen LogP contribution >= 0.6 is 0 Å². The zero-order valence-electron chi connectivity index (χ0n) is 11.9. The Morgan fingerprint density at radius 2 is 1.75 bits per heavy atom. The first-order chi connectivity index (χ1) is 9.23. The average molecular weight is 299 g/mol. The second-order valence-corrected chi connectivity index (χ2v) is 7.07. The summed E-state index contributed by atoms with van der Waals surface area (Å²) in [7, 11) is -3.65. The number of nitrogens with one attached hydrogen (secondary N) is 1. The Balaban J connectivity index is 2.77. The monoisotopic (exact) mass is 299 g/mol. The van der Waals surface area contributed by atoms with Gasteiger partial charge in [0.2, 0.25) is 10.0 Å². The molecule has 0 spiro atoms. The van der Waals surface area contributed by atoms with Crippen molar-refractivity contribution in [2.24, 2.45) is 5.92 Å². The Morgan fingerprint density at radius 1 is 1.20 bits per heavy atom. The molecule has 0 saturated carbocycles. The quantitative estimate of drug-likeness (QED) is 0.804. The van der Waals surface area contributed by atoms with E-state index in [9.17, 15) is 13.2 Å². The van der Waals surface area contributed by atoms with E-state index in [1.54, 1.807) is 20.8 Å². The fraction of sp³-hybridized carbons (Fsp3) is 0.500. The van der Waals surface area contributed by atoms with Gasteiger partial charge in [-0.2, -0.15) is 0 Å². The molecule has 2 N–H and O–H groups in total. The summed E-state index contributed by atoms with van der Waals surface area (Å²) in [4.78, 5) is 11.0. The predicted octanol–water partition coefficient (Wildman–Crippen LogP) is 1.82. The van der Waals surface area contributed by atoms with Crippen molar-refractivity contribution in [1.82, 2.24) is 4.72 Å². The molecule has 2 atom stereocenters. The zero-order chi connectivity index (χ0) is 15.3. The molecule has 0 fully saturated rings. The lowest BCUT2D eigenvalue weighted by atomic mass is 10.0. The average Bonchev–Trinajstić information content (AvgIpc) is 2.36. The highest BCUT2D eigenvalue weighted by molar-refractivity contribution is 7.89. The number of aliphatic carboxylic acids is 1. The lowest BCUT2D eigenvalue weighted by Gasteiger charge is -2.19. The van der Waals surface area contributed by atoms with E-state index >= 15 is 0 Å². The molecular formula is C14H21NO4S. The number of sulfonamides is 1. The minimum Gasteiger partial charge on any atom is -0.480 e. The van der Waals surface area contributed by atoms with Crippen LogP contribution < -0.4 is 4.72 Å². The maximum atomic E-state index is 12.1. The van der Waals surface area contributed by atoms with E-state index in [2.05, 4.69) is 4.72 Å². The smallest absolute Gasteiger partial charge is 0.321 e. The summed E-state index contributed by atoms with van der Waals surface area (Å²) in [6, 6.07) is 8.18. The maximum Gasteiger partial charge on any atom is 0.321 e. The minimum atomic E-state index is -3.65. The molecule has 0 aliphatic carbocycles. The minimum absolute atomic E-state index is 0.131. The molecule has 5 nitrogen and oxygen atoms in total. The van der Waals surface area contributed by atoms with Crippen LogP contribution in [-0.4, -0.2) is 31.3 Å². The number of carboxylic acid groups (broad SMARTS) is 1. The number of benzene rings is 1. The second kappa shape index (κ2) is 6.85. The first-order valence-corrected chi connectivity index (χ1v) is 8.16. The predicted molar refractivity (Wildman–Crippen MR) is 78.0 cm³/mol. The van der Waals surface area contributed by atoms with Crippen LogP contribution in [0, 0.1) is 5.92 Å². The molecule has 1 aromatic carbocycles. The van der Waals surface area contributed by atoms with Gasteiger partial charge in [0, 0.05) is 0 Å². The van der Waals surface area contributed by atoms with Crippen LogP contribution in [0.2, 0.25) is 0 Å². The van der Waals surface area contributed by atoms with Crippen LogP contribution in [0.5, 0.6) is 0 Å². The van der Waals surface area contributed by atoms with Crippen molar-refractivity contribution in [2.45, 2.75) is 32.7 Å². The molecular weight excluding hydrogens is 278 g/mol. The molecule has 0 amide bonds. The standard InChI is InChI=1S/C14H21NO4S/c1-10(2)13(14(16)17)15-20(18,19)9-11(3)12-7-5-4-6-8-12/h4-8,10-11,13,15H,9H2,1-3H3,(H,16,17)/t11?,13-/m1/s1. The first-order valence-electron chi connectivity index (χ1n) is 6.50. The molecule has 0 heterocycles. The van der Waals surface area contributed by atoms with E-state index in [-0.39, 0.29) is 17.6 Å². The van der Waals surface area contributed by atoms with Gasteiger partial charge in [0.15, 0.2) is 0 Å². The number of carbonyl (C=O) groups is 1. The zero-order valence-corrected chi connectivity index (χ0v) is 12.7. The lowest BCUT2D eigenvalue weighted by Crippen LogP contribution is -2.45. The summed E-state index contributed by atoms with van der Waals surface area (Å²) >= 11 is 0. The van der Waals surface area contributed by atoms with Crippen LogP contribution in [0.25, 0.3) is 0 Å². The summed E-state index contributed by atoms with van der Waals surface area (Å²) in [6.45, 7) is 5.14. The molecule has 0 aromatic heterocycles. The highest BCUT2D eigenvalue weighted by Crippen LogP contribution is 2.17. The Bertz CT molecular complexity index is 540. The van der Waals surface area contributed by atoms with Gasteiger partial charge >= 0.3 is 5.97 Å². The molecule has 112 valence electrons. The third-order valence-corrected chi connectivity index (χ3v) is 4.63. The molecule has 0 radical (unpaired) electrons. The van der Waals surface area contributed by atoms with Crippen molar-refractivity contribution < 1.29 is 18.3 Å². The molecule has 6 heteroatoms. The van der Waals surface area contributed by atoms with E-state index < -0.39 is 22.0 Å². The van der Waals surface area contributed by atoms with E-state index in [1.807, 2.05) is 30.3 Å². The van der Waals surface area contributed by atoms with Crippen LogP contribution in [0.1, 0.15) is 32.3 Å². The molecule has 1 rings (SSSR count). The summed E-state index contributed by atoms with van der Waals surface area (Å²) in [5.41, 5.74) is 0.911. The topological polar surface area (TPSA) is 83.5 Å². The Kier molecular flexibility index (Phi) is 5.71. The molecule has 0 bridgehead atoms. The number of hydrogen-bond acceptors (Lipinski definition) is 3. The van der Waals surface area contributed by atoms with Crippen LogP contribution in [0.3, 0.4) is 0 Å². The maximum absolute atomic E-state index is 12.1. The van der Waals surface area contributed by atoms with Crippen molar-refractivity contribution in [1.29, 1.82) is 0 Å². The van der Waals surface area contributed by atoms with Gasteiger partial charge in [0.25, 0.3) is 0 Å². The van der Waals surface area contributed by atoms with Gasteiger partial charge in [0.05, 0.1) is 5.75 Å². The largest absolute Gasteiger partial charge is 0.480 e. The van der Waals surface area contributed by atoms with Gasteiger partial charge in [-0.05, 0) is 17.4 Å². The lowest BCUT2D eigenvalue weighted by molar-refractivity contribution is -0.140. The molecule has 0 aliphatic heterocycles. The van der Waals surface area contributed by atoms with Crippen LogP contribution in [0.4, 0.5) is 0 Å². The van der Waals surface area contributed by atoms with Gasteiger partial charge in [-0.25, -0.2) is 13.1 Å². The molecule has 0 aliphatic rings. The van der Waals surface area contributed by atoms with Gasteiger partial charge in [-0.3, -0.25) is 4.79 Å². The highest BCUT2D eigenvalue weighted by Gasteiger charge is 2.28. The van der Waals surface area contributed by atoms with Gasteiger partial charge in [-0.15, -0.1) is 0 Å². The van der Waals surface area contributed by atoms with E-state index in [1.165, 1.54) is 0 Å². The third-order valence-electron chi connectivity index (χ3n) is 3.08. The third kappa shape index (κ3) is 4.94. The van der Waals surface area contributed by atoms with Crippen molar-refractivity contribution in [2.75, 3.05) is 5.75 Å². The van der Waals surface area contributed by atoms with E-state index in [4.69, 9.17) is 5.11 Å². The fourth-order valence-corrected chi connectivity index (χ4v) is 3.63. The van der Waals surface area contributed by atoms with Crippen molar-refractivity contribution in [3.63, 3.8) is 0 Å². The Morgan fingerprint density at radius 3 is 2.20 bits per heavy atom. The number of carboxylic acids is 1. The summed E-state index contributed by atoms with van der Waals surface area (Å²) in [5, 5.41) is 9.03. The summed E-state index contributed by atoms with van der Waals surface area (Å²) in [6.07, 6.45) is 0. The molecule has 1 unspecified atom stereocenters. The first kappa shape index (κ1) is 16.7. The summed E-state index contributed by atoms with van der Waals surface area (Å²) < 4.78 is 26.4. The van der Waals surface area contributed by atoms with Crippen molar-refractivity contribution in [3.05, 3.63) is 35.9 Å². The Labute approximate surface area is 120 Å². The van der Waals surface area contributed by atoms with Crippen LogP contribution in [-0.2, 0) is 14.8 Å². The van der Waals surface area contributed by atoms with Gasteiger partial charge in [0.1, 0.15) is 6.04 Å². The van der Waals surface area contributed by atoms with Crippen LogP contribution in [0.15, 0.2) is 30.3 Å². The SMILES string of the molecule is CC(CS(=O)(=O)N[C@@H](C(=O)O)C(C)C)c1ccccc1. The van der Waals surface area contributed by atoms with Crippen molar-refractivity contribution in [3.8, 4) is 0 Å².